The molecule has 120 valence electrons. The summed E-state index contributed by atoms with van der Waals surface area (Å²) >= 11 is 0. The van der Waals surface area contributed by atoms with Gasteiger partial charge in [-0.1, -0.05) is 5.16 Å². The van der Waals surface area contributed by atoms with Crippen molar-refractivity contribution in [3.63, 3.8) is 0 Å². The van der Waals surface area contributed by atoms with Crippen LogP contribution in [0.4, 0.5) is 0 Å². The lowest BCUT2D eigenvalue weighted by Gasteiger charge is -2.26. The molecule has 0 saturated heterocycles. The van der Waals surface area contributed by atoms with Gasteiger partial charge in [-0.3, -0.25) is 0 Å². The third kappa shape index (κ3) is 5.74. The molecule has 21 heavy (non-hydrogen) atoms. The molecule has 1 aliphatic carbocycles. The van der Waals surface area contributed by atoms with Gasteiger partial charge in [-0.15, -0.1) is 0 Å². The second-order valence-electron chi connectivity index (χ2n) is 5.49. The van der Waals surface area contributed by atoms with Crippen LogP contribution in [0, 0.1) is 6.92 Å². The molecule has 8 heteroatoms. The maximum absolute atomic E-state index is 11.8. The summed E-state index contributed by atoms with van der Waals surface area (Å²) in [6, 6.07) is 1.90. The average molecular weight is 317 g/mol. The van der Waals surface area contributed by atoms with E-state index in [0.29, 0.717) is 18.1 Å². The number of nitrogens with zero attached hydrogens (tertiary/aromatic N) is 1. The molecule has 0 bridgehead atoms. The zero-order valence-corrected chi connectivity index (χ0v) is 13.1. The van der Waals surface area contributed by atoms with Gasteiger partial charge in [0.15, 0.2) is 0 Å². The molecule has 0 amide bonds. The summed E-state index contributed by atoms with van der Waals surface area (Å²) in [6.07, 6.45) is 4.05. The van der Waals surface area contributed by atoms with Gasteiger partial charge in [0.1, 0.15) is 17.2 Å². The number of sulfonamides is 1. The Bertz CT molecular complexity index is 535. The fourth-order valence-corrected chi connectivity index (χ4v) is 3.43. The van der Waals surface area contributed by atoms with Gasteiger partial charge in [0.2, 0.25) is 10.0 Å². The summed E-state index contributed by atoms with van der Waals surface area (Å²) in [5.74, 6) is 0.418. The van der Waals surface area contributed by atoms with Gasteiger partial charge in [-0.25, -0.2) is 13.1 Å². The van der Waals surface area contributed by atoms with E-state index in [1.807, 2.05) is 0 Å². The van der Waals surface area contributed by atoms with Crippen molar-refractivity contribution < 1.29 is 17.7 Å². The van der Waals surface area contributed by atoms with E-state index in [4.69, 9.17) is 15.0 Å². The molecule has 3 N–H and O–H groups in total. The largest absolute Gasteiger partial charge is 0.377 e. The first kappa shape index (κ1) is 16.4. The van der Waals surface area contributed by atoms with E-state index in [0.717, 1.165) is 25.7 Å². The molecule has 1 heterocycles. The van der Waals surface area contributed by atoms with Crippen molar-refractivity contribution in [2.75, 3.05) is 13.2 Å². The van der Waals surface area contributed by atoms with Crippen LogP contribution in [0.2, 0.25) is 0 Å². The van der Waals surface area contributed by atoms with Gasteiger partial charge >= 0.3 is 0 Å². The molecule has 1 aromatic heterocycles. The molecule has 0 aliphatic heterocycles. The highest BCUT2D eigenvalue weighted by atomic mass is 32.2. The molecule has 0 spiro atoms. The Morgan fingerprint density at radius 3 is 2.76 bits per heavy atom. The highest BCUT2D eigenvalue weighted by Gasteiger charge is 2.19. The predicted molar refractivity (Wildman–Crippen MR) is 78.0 cm³/mol. The summed E-state index contributed by atoms with van der Waals surface area (Å²) in [5, 5.41) is 3.67. The van der Waals surface area contributed by atoms with E-state index in [9.17, 15) is 8.42 Å². The summed E-state index contributed by atoms with van der Waals surface area (Å²) in [5.41, 5.74) is 6.23. The van der Waals surface area contributed by atoms with E-state index in [1.54, 1.807) is 13.0 Å². The van der Waals surface area contributed by atoms with Crippen LogP contribution in [0.1, 0.15) is 37.1 Å². The van der Waals surface area contributed by atoms with Gasteiger partial charge < -0.3 is 15.0 Å². The van der Waals surface area contributed by atoms with Gasteiger partial charge in [0.05, 0.1) is 12.7 Å². The van der Waals surface area contributed by atoms with Crippen molar-refractivity contribution in [1.82, 2.24) is 9.88 Å². The van der Waals surface area contributed by atoms with Crippen LogP contribution in [-0.2, 0) is 20.5 Å². The number of nitrogens with one attached hydrogen (secondary N) is 1. The SMILES string of the molecule is Cc1cc(CS(=O)(=O)NCCOC2CCC(N)CC2)no1. The highest BCUT2D eigenvalue weighted by Crippen LogP contribution is 2.19. The standard InChI is InChI=1S/C13H23N3O4S/c1-10-8-12(16-20-10)9-21(17,18)15-6-7-19-13-4-2-11(14)3-5-13/h8,11,13,15H,2-7,9,14H2,1H3. The molecule has 1 aromatic rings. The molecular weight excluding hydrogens is 294 g/mol. The molecule has 1 saturated carbocycles. The van der Waals surface area contributed by atoms with Gasteiger partial charge in [0.25, 0.3) is 0 Å². The third-order valence-electron chi connectivity index (χ3n) is 3.51. The Morgan fingerprint density at radius 1 is 1.43 bits per heavy atom. The average Bonchev–Trinajstić information content (AvgIpc) is 2.81. The van der Waals surface area contributed by atoms with Crippen LogP contribution in [0.5, 0.6) is 0 Å². The lowest BCUT2D eigenvalue weighted by atomic mass is 9.94. The third-order valence-corrected chi connectivity index (χ3v) is 4.83. The fourth-order valence-electron chi connectivity index (χ4n) is 2.41. The number of rotatable bonds is 7. The smallest absolute Gasteiger partial charge is 0.217 e. The number of aromatic nitrogens is 1. The van der Waals surface area contributed by atoms with Crippen molar-refractivity contribution in [1.29, 1.82) is 0 Å². The van der Waals surface area contributed by atoms with Crippen LogP contribution in [0.25, 0.3) is 0 Å². The van der Waals surface area contributed by atoms with Crippen LogP contribution < -0.4 is 10.5 Å². The van der Waals surface area contributed by atoms with Crippen LogP contribution >= 0.6 is 0 Å². The van der Waals surface area contributed by atoms with Crippen molar-refractivity contribution in [3.8, 4) is 0 Å². The van der Waals surface area contributed by atoms with E-state index in [-0.39, 0.29) is 24.4 Å². The maximum atomic E-state index is 11.8. The highest BCUT2D eigenvalue weighted by molar-refractivity contribution is 7.88. The Morgan fingerprint density at radius 2 is 2.14 bits per heavy atom. The molecule has 2 rings (SSSR count). The number of aryl methyl sites for hydroxylation is 1. The van der Waals surface area contributed by atoms with Crippen molar-refractivity contribution >= 4 is 10.0 Å². The molecule has 0 radical (unpaired) electrons. The number of ether oxygens (including phenoxy) is 1. The van der Waals surface area contributed by atoms with Crippen molar-refractivity contribution in [3.05, 3.63) is 17.5 Å². The molecule has 0 aromatic carbocycles. The lowest BCUT2D eigenvalue weighted by Crippen LogP contribution is -2.33. The number of nitrogens with two attached hydrogens (primary N) is 1. The monoisotopic (exact) mass is 317 g/mol. The first-order valence-corrected chi connectivity index (χ1v) is 8.86. The number of hydrogen-bond donors (Lipinski definition) is 2. The normalized spacial score (nSPS) is 23.3. The zero-order chi connectivity index (χ0) is 15.3. The van der Waals surface area contributed by atoms with Crippen molar-refractivity contribution in [2.24, 2.45) is 5.73 Å². The van der Waals surface area contributed by atoms with Crippen molar-refractivity contribution in [2.45, 2.75) is 50.5 Å². The van der Waals surface area contributed by atoms with Crippen LogP contribution in [-0.4, -0.2) is 38.9 Å². The minimum Gasteiger partial charge on any atom is -0.377 e. The van der Waals surface area contributed by atoms with E-state index < -0.39 is 10.0 Å². The Labute approximate surface area is 125 Å². The van der Waals surface area contributed by atoms with Gasteiger partial charge in [-0.05, 0) is 32.6 Å². The first-order chi connectivity index (χ1) is 9.94. The summed E-state index contributed by atoms with van der Waals surface area (Å²) < 4.78 is 36.7. The molecule has 0 unspecified atom stereocenters. The minimum absolute atomic E-state index is 0.178. The maximum Gasteiger partial charge on any atom is 0.217 e. The summed E-state index contributed by atoms with van der Waals surface area (Å²) in [4.78, 5) is 0. The van der Waals surface area contributed by atoms with Gasteiger partial charge in [0, 0.05) is 18.7 Å². The van der Waals surface area contributed by atoms with E-state index in [1.165, 1.54) is 0 Å². The van der Waals surface area contributed by atoms with E-state index in [2.05, 4.69) is 9.88 Å². The zero-order valence-electron chi connectivity index (χ0n) is 12.2. The molecule has 1 aliphatic rings. The molecule has 1 fully saturated rings. The molecule has 7 nitrogen and oxygen atoms in total. The molecular formula is C13H23N3O4S. The Kier molecular flexibility index (Phi) is 5.74. The van der Waals surface area contributed by atoms with Gasteiger partial charge in [-0.2, -0.15) is 0 Å². The topological polar surface area (TPSA) is 107 Å². The Balaban J connectivity index is 1.65. The fraction of sp³-hybridized carbons (Fsp3) is 0.769. The first-order valence-electron chi connectivity index (χ1n) is 7.21. The second-order valence-corrected chi connectivity index (χ2v) is 7.30. The number of hydrogen-bond acceptors (Lipinski definition) is 6. The second kappa shape index (κ2) is 7.35. The molecule has 0 atom stereocenters. The summed E-state index contributed by atoms with van der Waals surface area (Å²) in [7, 11) is -3.41. The van der Waals surface area contributed by atoms with Crippen LogP contribution in [0.15, 0.2) is 10.6 Å². The quantitative estimate of drug-likeness (QED) is 0.716. The Hall–Kier alpha value is -0.960. The van der Waals surface area contributed by atoms with Crippen LogP contribution in [0.3, 0.4) is 0 Å². The minimum atomic E-state index is -3.41. The predicted octanol–water partition coefficient (Wildman–Crippen LogP) is 0.689. The van der Waals surface area contributed by atoms with E-state index >= 15 is 0 Å². The lowest BCUT2D eigenvalue weighted by molar-refractivity contribution is 0.0287. The summed E-state index contributed by atoms with van der Waals surface area (Å²) in [6.45, 7) is 2.36.